The van der Waals surface area contributed by atoms with Gasteiger partial charge in [0, 0.05) is 12.1 Å². The molecule has 122 valence electrons. The largest absolute Gasteiger partial charge is 0.495 e. The van der Waals surface area contributed by atoms with Gasteiger partial charge in [0.15, 0.2) is 0 Å². The summed E-state index contributed by atoms with van der Waals surface area (Å²) in [5.74, 6) is 0.0612. The van der Waals surface area contributed by atoms with E-state index in [1.807, 2.05) is 34.0 Å². The predicted molar refractivity (Wildman–Crippen MR) is 87.9 cm³/mol. The van der Waals surface area contributed by atoms with Gasteiger partial charge in [0.05, 0.1) is 23.0 Å². The Labute approximate surface area is 135 Å². The van der Waals surface area contributed by atoms with Gasteiger partial charge in [-0.1, -0.05) is 0 Å². The van der Waals surface area contributed by atoms with E-state index in [4.69, 9.17) is 4.74 Å². The zero-order chi connectivity index (χ0) is 17.0. The molecule has 0 fully saturated rings. The van der Waals surface area contributed by atoms with Crippen LogP contribution >= 0.6 is 11.8 Å². The van der Waals surface area contributed by atoms with Crippen molar-refractivity contribution in [2.75, 3.05) is 13.4 Å². The zero-order valence-electron chi connectivity index (χ0n) is 13.7. The van der Waals surface area contributed by atoms with E-state index < -0.39 is 4.92 Å². The van der Waals surface area contributed by atoms with Gasteiger partial charge in [-0.15, -0.1) is 11.8 Å². The van der Waals surface area contributed by atoms with E-state index in [9.17, 15) is 14.9 Å². The van der Waals surface area contributed by atoms with Gasteiger partial charge < -0.3 is 9.64 Å². The minimum Gasteiger partial charge on any atom is -0.495 e. The standard InChI is InChI=1S/C15H22N2O4S/c1-9(2)16(10(3)4)15(18)11-7-14(22-6)13(21-5)8-12(11)17(19)20/h7-10H,1-6H3. The van der Waals surface area contributed by atoms with Gasteiger partial charge in [-0.05, 0) is 40.0 Å². The topological polar surface area (TPSA) is 72.7 Å². The maximum Gasteiger partial charge on any atom is 0.285 e. The van der Waals surface area contributed by atoms with Crippen molar-refractivity contribution in [1.29, 1.82) is 0 Å². The van der Waals surface area contributed by atoms with Crippen LogP contribution in [0.4, 0.5) is 5.69 Å². The summed E-state index contributed by atoms with van der Waals surface area (Å²) in [5, 5.41) is 11.3. The van der Waals surface area contributed by atoms with Crippen molar-refractivity contribution >= 4 is 23.4 Å². The molecule has 1 aromatic carbocycles. The summed E-state index contributed by atoms with van der Waals surface area (Å²) in [6.45, 7) is 7.57. The number of rotatable bonds is 6. The number of ether oxygens (including phenoxy) is 1. The molecule has 1 rings (SSSR count). The molecule has 0 bridgehead atoms. The van der Waals surface area contributed by atoms with E-state index in [2.05, 4.69) is 0 Å². The first-order valence-electron chi connectivity index (χ1n) is 6.97. The molecule has 0 radical (unpaired) electrons. The summed E-state index contributed by atoms with van der Waals surface area (Å²) >= 11 is 1.38. The number of hydrogen-bond acceptors (Lipinski definition) is 5. The highest BCUT2D eigenvalue weighted by atomic mass is 32.2. The van der Waals surface area contributed by atoms with E-state index in [0.29, 0.717) is 10.6 Å². The van der Waals surface area contributed by atoms with Gasteiger partial charge >= 0.3 is 0 Å². The van der Waals surface area contributed by atoms with Crippen LogP contribution in [0.3, 0.4) is 0 Å². The van der Waals surface area contributed by atoms with E-state index in [-0.39, 0.29) is 29.2 Å². The lowest BCUT2D eigenvalue weighted by molar-refractivity contribution is -0.385. The number of carbonyl (C=O) groups excluding carboxylic acids is 1. The van der Waals surface area contributed by atoms with Crippen molar-refractivity contribution in [3.05, 3.63) is 27.8 Å². The number of hydrogen-bond donors (Lipinski definition) is 0. The van der Waals surface area contributed by atoms with Crippen molar-refractivity contribution < 1.29 is 14.5 Å². The average molecular weight is 326 g/mol. The molecule has 0 heterocycles. The monoisotopic (exact) mass is 326 g/mol. The van der Waals surface area contributed by atoms with Gasteiger partial charge in [-0.2, -0.15) is 0 Å². The molecule has 0 aliphatic heterocycles. The molecule has 0 unspecified atom stereocenters. The first-order valence-corrected chi connectivity index (χ1v) is 8.20. The van der Waals surface area contributed by atoms with Crippen molar-refractivity contribution in [3.63, 3.8) is 0 Å². The minimum atomic E-state index is -0.543. The number of nitrogens with zero attached hydrogens (tertiary/aromatic N) is 2. The van der Waals surface area contributed by atoms with Crippen LogP contribution in [0.15, 0.2) is 17.0 Å². The molecule has 0 aromatic heterocycles. The SMILES string of the molecule is COc1cc([N+](=O)[O-])c(C(=O)N(C(C)C)C(C)C)cc1SC. The molecule has 1 amide bonds. The van der Waals surface area contributed by atoms with E-state index in [0.717, 1.165) is 0 Å². The van der Waals surface area contributed by atoms with Gasteiger partial charge in [0.25, 0.3) is 11.6 Å². The van der Waals surface area contributed by atoms with Gasteiger partial charge in [0.2, 0.25) is 0 Å². The number of nitro groups is 1. The fourth-order valence-electron chi connectivity index (χ4n) is 2.39. The summed E-state index contributed by atoms with van der Waals surface area (Å²) in [6, 6.07) is 2.76. The Morgan fingerprint density at radius 1 is 1.27 bits per heavy atom. The second-order valence-corrected chi connectivity index (χ2v) is 6.23. The van der Waals surface area contributed by atoms with Crippen LogP contribution in [0.5, 0.6) is 5.75 Å². The number of methoxy groups -OCH3 is 1. The molecule has 0 atom stereocenters. The van der Waals surface area contributed by atoms with Crippen molar-refractivity contribution in [2.24, 2.45) is 0 Å². The summed E-state index contributed by atoms with van der Waals surface area (Å²) in [7, 11) is 1.45. The Bertz CT molecular complexity index is 565. The van der Waals surface area contributed by atoms with E-state index in [1.54, 1.807) is 11.0 Å². The lowest BCUT2D eigenvalue weighted by Crippen LogP contribution is -2.42. The highest BCUT2D eigenvalue weighted by molar-refractivity contribution is 7.98. The number of nitro benzene ring substituents is 1. The van der Waals surface area contributed by atoms with Crippen molar-refractivity contribution in [2.45, 2.75) is 44.7 Å². The molecular weight excluding hydrogens is 304 g/mol. The normalized spacial score (nSPS) is 10.9. The Morgan fingerprint density at radius 2 is 1.82 bits per heavy atom. The number of benzene rings is 1. The smallest absolute Gasteiger partial charge is 0.285 e. The first-order chi connectivity index (χ1) is 10.2. The van der Waals surface area contributed by atoms with Crippen LogP contribution in [0, 0.1) is 10.1 Å². The summed E-state index contributed by atoms with van der Waals surface area (Å²) in [6.07, 6.45) is 1.83. The number of carbonyl (C=O) groups is 1. The molecule has 0 saturated heterocycles. The lowest BCUT2D eigenvalue weighted by Gasteiger charge is -2.30. The number of amides is 1. The third kappa shape index (κ3) is 3.71. The fourth-order valence-corrected chi connectivity index (χ4v) is 2.97. The summed E-state index contributed by atoms with van der Waals surface area (Å²) < 4.78 is 5.17. The fraction of sp³-hybridized carbons (Fsp3) is 0.533. The second kappa shape index (κ2) is 7.49. The predicted octanol–water partition coefficient (Wildman–Crippen LogP) is 3.58. The Hall–Kier alpha value is -1.76. The highest BCUT2D eigenvalue weighted by Gasteiger charge is 2.29. The molecule has 7 heteroatoms. The third-order valence-electron chi connectivity index (χ3n) is 3.28. The molecule has 1 aromatic rings. The molecule has 0 spiro atoms. The van der Waals surface area contributed by atoms with Crippen LogP contribution in [0.25, 0.3) is 0 Å². The summed E-state index contributed by atoms with van der Waals surface area (Å²) in [5.41, 5.74) is -0.136. The quantitative estimate of drug-likeness (QED) is 0.454. The van der Waals surface area contributed by atoms with Crippen LogP contribution in [0.1, 0.15) is 38.1 Å². The molecule has 22 heavy (non-hydrogen) atoms. The molecule has 0 N–H and O–H groups in total. The molecule has 6 nitrogen and oxygen atoms in total. The summed E-state index contributed by atoms with van der Waals surface area (Å²) in [4.78, 5) is 25.9. The minimum absolute atomic E-state index is 0.0491. The van der Waals surface area contributed by atoms with Crippen molar-refractivity contribution in [3.8, 4) is 5.75 Å². The molecular formula is C15H22N2O4S. The second-order valence-electron chi connectivity index (χ2n) is 5.38. The van der Waals surface area contributed by atoms with Gasteiger partial charge in [-0.25, -0.2) is 0 Å². The van der Waals surface area contributed by atoms with Crippen LogP contribution in [-0.2, 0) is 0 Å². The average Bonchev–Trinajstić information content (AvgIpc) is 2.44. The third-order valence-corrected chi connectivity index (χ3v) is 4.04. The van der Waals surface area contributed by atoms with Gasteiger partial charge in [0.1, 0.15) is 11.3 Å². The first kappa shape index (κ1) is 18.3. The Morgan fingerprint density at radius 3 is 2.18 bits per heavy atom. The maximum atomic E-state index is 12.8. The molecule has 0 aliphatic rings. The molecule has 0 aliphatic carbocycles. The Balaban J connectivity index is 3.50. The zero-order valence-corrected chi connectivity index (χ0v) is 14.6. The maximum absolute atomic E-state index is 12.8. The van der Waals surface area contributed by atoms with E-state index in [1.165, 1.54) is 24.9 Å². The molecule has 0 saturated carbocycles. The van der Waals surface area contributed by atoms with E-state index >= 15 is 0 Å². The van der Waals surface area contributed by atoms with Crippen LogP contribution in [-0.4, -0.2) is 41.2 Å². The number of thioether (sulfide) groups is 1. The highest BCUT2D eigenvalue weighted by Crippen LogP contribution is 2.35. The van der Waals surface area contributed by atoms with Crippen LogP contribution < -0.4 is 4.74 Å². The van der Waals surface area contributed by atoms with Gasteiger partial charge in [-0.3, -0.25) is 14.9 Å². The van der Waals surface area contributed by atoms with Crippen LogP contribution in [0.2, 0.25) is 0 Å². The lowest BCUT2D eigenvalue weighted by atomic mass is 10.1. The van der Waals surface area contributed by atoms with Crippen molar-refractivity contribution in [1.82, 2.24) is 4.90 Å². The Kier molecular flexibility index (Phi) is 6.22.